The van der Waals surface area contributed by atoms with Gasteiger partial charge >= 0.3 is 5.97 Å². The molecule has 0 radical (unpaired) electrons. The van der Waals surface area contributed by atoms with Gasteiger partial charge in [0.15, 0.2) is 0 Å². The molecule has 0 saturated carbocycles. The third kappa shape index (κ3) is 2.85. The highest BCUT2D eigenvalue weighted by molar-refractivity contribution is 5.97. The molecule has 0 amide bonds. The Labute approximate surface area is 163 Å². The van der Waals surface area contributed by atoms with Crippen molar-refractivity contribution in [2.24, 2.45) is 5.73 Å². The zero-order chi connectivity index (χ0) is 19.7. The van der Waals surface area contributed by atoms with Crippen molar-refractivity contribution in [2.45, 2.75) is 12.8 Å². The van der Waals surface area contributed by atoms with Crippen molar-refractivity contribution in [3.63, 3.8) is 0 Å². The number of hydrogen-bond acceptors (Lipinski definition) is 5. The number of carbonyl (C=O) groups is 1. The van der Waals surface area contributed by atoms with Crippen LogP contribution in [-0.2, 0) is 9.53 Å². The number of hydrogen-bond donors (Lipinski definition) is 1. The van der Waals surface area contributed by atoms with Gasteiger partial charge < -0.3 is 19.9 Å². The van der Waals surface area contributed by atoms with Crippen molar-refractivity contribution < 1.29 is 19.0 Å². The summed E-state index contributed by atoms with van der Waals surface area (Å²) in [5.74, 6) is 0.389. The zero-order valence-corrected chi connectivity index (χ0v) is 15.8. The number of nitrogens with two attached hydrogens (primary N) is 1. The Balaban J connectivity index is 2.05. The molecule has 1 aliphatic heterocycles. The maximum absolute atomic E-state index is 12.9. The summed E-state index contributed by atoms with van der Waals surface area (Å²) in [7, 11) is 1.61. The number of rotatable bonds is 4. The molecule has 0 spiro atoms. The fourth-order valence-electron chi connectivity index (χ4n) is 3.77. The summed E-state index contributed by atoms with van der Waals surface area (Å²) >= 11 is 0. The molecule has 0 saturated heterocycles. The smallest absolute Gasteiger partial charge is 0.340 e. The van der Waals surface area contributed by atoms with Crippen molar-refractivity contribution in [1.82, 2.24) is 0 Å². The molecule has 1 unspecified atom stereocenters. The van der Waals surface area contributed by atoms with E-state index >= 15 is 0 Å². The summed E-state index contributed by atoms with van der Waals surface area (Å²) in [4.78, 5) is 12.9. The normalized spacial score (nSPS) is 15.7. The Hall–Kier alpha value is -3.47. The highest BCUT2D eigenvalue weighted by Crippen LogP contribution is 2.48. The number of fused-ring (bicyclic) bond motifs is 3. The van der Waals surface area contributed by atoms with Gasteiger partial charge in [0.2, 0.25) is 5.88 Å². The van der Waals surface area contributed by atoms with E-state index in [-0.39, 0.29) is 18.1 Å². The van der Waals surface area contributed by atoms with Gasteiger partial charge in [0.05, 0.1) is 19.6 Å². The SMILES string of the molecule is CCOC(=O)C1=C(N)Oc2ccc3ccccc3c2C1c1ccccc1OC. The molecule has 4 rings (SSSR count). The van der Waals surface area contributed by atoms with E-state index in [1.54, 1.807) is 14.0 Å². The highest BCUT2D eigenvalue weighted by atomic mass is 16.5. The Kier molecular flexibility index (Phi) is 4.65. The summed E-state index contributed by atoms with van der Waals surface area (Å²) in [5.41, 5.74) is 8.20. The van der Waals surface area contributed by atoms with Crippen molar-refractivity contribution in [2.75, 3.05) is 13.7 Å². The average Bonchev–Trinajstić information content (AvgIpc) is 2.72. The number of methoxy groups -OCH3 is 1. The van der Waals surface area contributed by atoms with Crippen LogP contribution in [0.2, 0.25) is 0 Å². The Bertz CT molecular complexity index is 1090. The molecule has 0 aromatic heterocycles. The summed E-state index contributed by atoms with van der Waals surface area (Å²) in [6, 6.07) is 19.5. The van der Waals surface area contributed by atoms with Gasteiger partial charge in [0.1, 0.15) is 17.1 Å². The first kappa shape index (κ1) is 17.9. The monoisotopic (exact) mass is 375 g/mol. The molecule has 0 bridgehead atoms. The molecule has 2 N–H and O–H groups in total. The van der Waals surface area contributed by atoms with E-state index in [0.29, 0.717) is 11.5 Å². The lowest BCUT2D eigenvalue weighted by Crippen LogP contribution is -2.27. The first-order valence-corrected chi connectivity index (χ1v) is 9.14. The molecule has 5 nitrogen and oxygen atoms in total. The minimum absolute atomic E-state index is 0.0529. The molecule has 0 aliphatic carbocycles. The van der Waals surface area contributed by atoms with Crippen molar-refractivity contribution in [1.29, 1.82) is 0 Å². The van der Waals surface area contributed by atoms with E-state index in [9.17, 15) is 4.79 Å². The van der Waals surface area contributed by atoms with Gasteiger partial charge in [-0.05, 0) is 29.8 Å². The Morgan fingerprint density at radius 2 is 1.82 bits per heavy atom. The summed E-state index contributed by atoms with van der Waals surface area (Å²) in [6.45, 7) is 2.01. The number of esters is 1. The van der Waals surface area contributed by atoms with Crippen molar-refractivity contribution in [3.05, 3.63) is 83.2 Å². The van der Waals surface area contributed by atoms with Crippen LogP contribution in [0.25, 0.3) is 10.8 Å². The Morgan fingerprint density at radius 1 is 1.07 bits per heavy atom. The summed E-state index contributed by atoms with van der Waals surface area (Å²) in [5, 5.41) is 2.04. The van der Waals surface area contributed by atoms with Crippen LogP contribution in [0.5, 0.6) is 11.5 Å². The molecular formula is C23H21NO4. The van der Waals surface area contributed by atoms with E-state index in [1.807, 2.05) is 60.7 Å². The minimum Gasteiger partial charge on any atom is -0.496 e. The van der Waals surface area contributed by atoms with E-state index in [2.05, 4.69) is 0 Å². The lowest BCUT2D eigenvalue weighted by molar-refractivity contribution is -0.139. The topological polar surface area (TPSA) is 70.8 Å². The van der Waals surface area contributed by atoms with Crippen LogP contribution in [0.1, 0.15) is 24.0 Å². The van der Waals surface area contributed by atoms with E-state index < -0.39 is 11.9 Å². The molecule has 28 heavy (non-hydrogen) atoms. The second-order valence-electron chi connectivity index (χ2n) is 6.47. The predicted molar refractivity (Wildman–Crippen MR) is 107 cm³/mol. The minimum atomic E-state index is -0.491. The van der Waals surface area contributed by atoms with E-state index in [0.717, 1.165) is 21.9 Å². The summed E-state index contributed by atoms with van der Waals surface area (Å²) in [6.07, 6.45) is 0. The standard InChI is InChI=1S/C23H21NO4/c1-3-27-23(25)21-20(16-10-6-7-11-17(16)26-2)19-15-9-5-4-8-14(15)12-13-18(19)28-22(21)24/h4-13,20H,3,24H2,1-2H3. The van der Waals surface area contributed by atoms with Crippen LogP contribution in [0.3, 0.4) is 0 Å². The van der Waals surface area contributed by atoms with Crippen LogP contribution in [0.15, 0.2) is 72.1 Å². The highest BCUT2D eigenvalue weighted by Gasteiger charge is 2.38. The third-order valence-corrected chi connectivity index (χ3v) is 4.94. The van der Waals surface area contributed by atoms with Gasteiger partial charge in [-0.2, -0.15) is 0 Å². The van der Waals surface area contributed by atoms with Crippen molar-refractivity contribution in [3.8, 4) is 11.5 Å². The average molecular weight is 375 g/mol. The van der Waals surface area contributed by atoms with Gasteiger partial charge in [-0.25, -0.2) is 4.79 Å². The second kappa shape index (κ2) is 7.27. The van der Waals surface area contributed by atoms with Crippen LogP contribution in [0.4, 0.5) is 0 Å². The second-order valence-corrected chi connectivity index (χ2v) is 6.47. The fraction of sp³-hybridized carbons (Fsp3) is 0.174. The van der Waals surface area contributed by atoms with Gasteiger partial charge in [-0.3, -0.25) is 0 Å². The fourth-order valence-corrected chi connectivity index (χ4v) is 3.77. The molecule has 3 aromatic rings. The van der Waals surface area contributed by atoms with Crippen LogP contribution in [-0.4, -0.2) is 19.7 Å². The molecule has 3 aromatic carbocycles. The molecule has 1 atom stereocenters. The molecule has 1 heterocycles. The van der Waals surface area contributed by atoms with Crippen LogP contribution in [0, 0.1) is 0 Å². The molecule has 1 aliphatic rings. The van der Waals surface area contributed by atoms with Crippen LogP contribution >= 0.6 is 0 Å². The first-order chi connectivity index (χ1) is 13.7. The van der Waals surface area contributed by atoms with Gasteiger partial charge in [-0.15, -0.1) is 0 Å². The first-order valence-electron chi connectivity index (χ1n) is 9.14. The third-order valence-electron chi connectivity index (χ3n) is 4.94. The number of para-hydroxylation sites is 1. The molecule has 5 heteroatoms. The van der Waals surface area contributed by atoms with Gasteiger partial charge in [0, 0.05) is 11.1 Å². The lowest BCUT2D eigenvalue weighted by Gasteiger charge is -2.30. The lowest BCUT2D eigenvalue weighted by atomic mass is 9.80. The predicted octanol–water partition coefficient (Wildman–Crippen LogP) is 4.11. The van der Waals surface area contributed by atoms with Crippen LogP contribution < -0.4 is 15.2 Å². The number of ether oxygens (including phenoxy) is 3. The maximum Gasteiger partial charge on any atom is 0.340 e. The zero-order valence-electron chi connectivity index (χ0n) is 15.8. The number of benzene rings is 3. The van der Waals surface area contributed by atoms with Gasteiger partial charge in [-0.1, -0.05) is 48.5 Å². The molecule has 0 fully saturated rings. The van der Waals surface area contributed by atoms with Gasteiger partial charge in [0.25, 0.3) is 0 Å². The Morgan fingerprint density at radius 3 is 2.61 bits per heavy atom. The summed E-state index contributed by atoms with van der Waals surface area (Å²) < 4.78 is 16.8. The van der Waals surface area contributed by atoms with Crippen molar-refractivity contribution >= 4 is 16.7 Å². The quantitative estimate of drug-likeness (QED) is 0.695. The molecular weight excluding hydrogens is 354 g/mol. The maximum atomic E-state index is 12.9. The van der Waals surface area contributed by atoms with E-state index in [1.165, 1.54) is 0 Å². The number of carbonyl (C=O) groups excluding carboxylic acids is 1. The van der Waals surface area contributed by atoms with E-state index in [4.69, 9.17) is 19.9 Å². The largest absolute Gasteiger partial charge is 0.496 e. The molecule has 142 valence electrons.